The zero-order chi connectivity index (χ0) is 22.0. The topological polar surface area (TPSA) is 132 Å². The van der Waals surface area contributed by atoms with Gasteiger partial charge in [0.05, 0.1) is 24.7 Å². The molecule has 1 saturated carbocycles. The van der Waals surface area contributed by atoms with Crippen molar-refractivity contribution in [3.63, 3.8) is 0 Å². The van der Waals surface area contributed by atoms with Crippen LogP contribution in [0.2, 0.25) is 0 Å². The summed E-state index contributed by atoms with van der Waals surface area (Å²) in [7, 11) is 1.40. The number of rotatable bonds is 8. The summed E-state index contributed by atoms with van der Waals surface area (Å²) in [5.74, 6) is 1.77. The molecule has 0 unspecified atom stereocenters. The first-order valence-electron chi connectivity index (χ1n) is 9.83. The molecule has 2 aromatic carbocycles. The Morgan fingerprint density at radius 3 is 2.61 bits per heavy atom. The number of hydrogen-bond donors (Lipinski definition) is 2. The lowest BCUT2D eigenvalue weighted by Crippen LogP contribution is -2.14. The first kappa shape index (κ1) is 20.3. The van der Waals surface area contributed by atoms with Crippen molar-refractivity contribution in [3.8, 4) is 22.9 Å². The molecule has 10 heteroatoms. The first-order chi connectivity index (χ1) is 15.0. The van der Waals surface area contributed by atoms with Crippen LogP contribution < -0.4 is 14.8 Å². The third kappa shape index (κ3) is 4.32. The van der Waals surface area contributed by atoms with E-state index in [2.05, 4.69) is 20.5 Å². The van der Waals surface area contributed by atoms with Gasteiger partial charge < -0.3 is 14.8 Å². The number of nitrogens with one attached hydrogen (secondary N) is 2. The van der Waals surface area contributed by atoms with Gasteiger partial charge in [0.2, 0.25) is 0 Å². The second-order valence-corrected chi connectivity index (χ2v) is 7.06. The van der Waals surface area contributed by atoms with Crippen LogP contribution in [0.5, 0.6) is 11.5 Å². The fourth-order valence-electron chi connectivity index (χ4n) is 3.15. The van der Waals surface area contributed by atoms with Gasteiger partial charge in [0, 0.05) is 23.2 Å². The molecule has 31 heavy (non-hydrogen) atoms. The highest BCUT2D eigenvalue weighted by Gasteiger charge is 2.27. The fraction of sp³-hybridized carbons (Fsp3) is 0.286. The first-order valence-corrected chi connectivity index (χ1v) is 9.83. The van der Waals surface area contributed by atoms with Crippen molar-refractivity contribution < 1.29 is 19.2 Å². The third-order valence-corrected chi connectivity index (χ3v) is 4.89. The van der Waals surface area contributed by atoms with Gasteiger partial charge in [-0.15, -0.1) is 0 Å². The number of anilines is 1. The van der Waals surface area contributed by atoms with Crippen LogP contribution in [0.3, 0.4) is 0 Å². The molecule has 1 aliphatic carbocycles. The maximum Gasteiger partial charge on any atom is 0.286 e. The lowest BCUT2D eigenvalue weighted by molar-refractivity contribution is -0.385. The van der Waals surface area contributed by atoms with Crippen molar-refractivity contribution in [2.75, 3.05) is 19.0 Å². The molecular formula is C21H21N5O5. The molecule has 0 aliphatic heterocycles. The van der Waals surface area contributed by atoms with Gasteiger partial charge >= 0.3 is 0 Å². The summed E-state index contributed by atoms with van der Waals surface area (Å²) >= 11 is 0. The van der Waals surface area contributed by atoms with E-state index in [0.717, 1.165) is 24.2 Å². The molecule has 1 aromatic heterocycles. The van der Waals surface area contributed by atoms with Crippen molar-refractivity contribution in [1.29, 1.82) is 0 Å². The van der Waals surface area contributed by atoms with Gasteiger partial charge in [-0.25, -0.2) is 4.98 Å². The van der Waals surface area contributed by atoms with Crippen molar-refractivity contribution in [1.82, 2.24) is 15.2 Å². The van der Waals surface area contributed by atoms with E-state index in [4.69, 9.17) is 9.47 Å². The van der Waals surface area contributed by atoms with Crippen LogP contribution in [0, 0.1) is 10.1 Å². The number of nitro groups is 1. The quantitative estimate of drug-likeness (QED) is 0.414. The number of nitro benzene ring substituents is 1. The number of aromatic nitrogens is 3. The lowest BCUT2D eigenvalue weighted by atomic mass is 10.1. The summed E-state index contributed by atoms with van der Waals surface area (Å²) in [6.45, 7) is 2.05. The van der Waals surface area contributed by atoms with E-state index in [1.54, 1.807) is 31.2 Å². The number of carbonyl (C=O) groups excluding carboxylic acids is 1. The Balaban J connectivity index is 1.55. The van der Waals surface area contributed by atoms with Crippen LogP contribution in [0.1, 0.15) is 41.9 Å². The smallest absolute Gasteiger partial charge is 0.286 e. The molecule has 0 saturated heterocycles. The molecule has 4 rings (SSSR count). The standard InChI is InChI=1S/C21H21N5O5/c1-3-31-18-11-16(26(28)29)15(10-17(18)30-2)21(27)22-14-8-6-13(7-9-14)20-23-19(24-25-20)12-4-5-12/h6-12H,3-5H2,1-2H3,(H,22,27)(H,23,24,25). The number of methoxy groups -OCH3 is 1. The second-order valence-electron chi connectivity index (χ2n) is 7.06. The Bertz CT molecular complexity index is 1120. The number of amides is 1. The number of hydrogen-bond acceptors (Lipinski definition) is 7. The maximum atomic E-state index is 12.8. The number of carbonyl (C=O) groups is 1. The number of nitrogens with zero attached hydrogens (tertiary/aromatic N) is 3. The minimum absolute atomic E-state index is 0.127. The van der Waals surface area contributed by atoms with Crippen LogP contribution in [-0.2, 0) is 0 Å². The number of benzene rings is 2. The minimum atomic E-state index is -0.630. The Morgan fingerprint density at radius 2 is 2.00 bits per heavy atom. The SMILES string of the molecule is CCOc1cc([N+](=O)[O-])c(C(=O)Nc2ccc(-c3n[nH]c(C4CC4)n3)cc2)cc1OC. The molecule has 1 aliphatic rings. The second kappa shape index (κ2) is 8.42. The average Bonchev–Trinajstić information content (AvgIpc) is 3.50. The van der Waals surface area contributed by atoms with E-state index in [-0.39, 0.29) is 22.7 Å². The predicted octanol–water partition coefficient (Wildman–Crippen LogP) is 3.92. The average molecular weight is 423 g/mol. The van der Waals surface area contributed by atoms with Crippen LogP contribution >= 0.6 is 0 Å². The molecule has 1 amide bonds. The Morgan fingerprint density at radius 1 is 1.26 bits per heavy atom. The third-order valence-electron chi connectivity index (χ3n) is 4.89. The maximum absolute atomic E-state index is 12.8. The minimum Gasteiger partial charge on any atom is -0.493 e. The predicted molar refractivity (Wildman–Crippen MR) is 113 cm³/mol. The summed E-state index contributed by atoms with van der Waals surface area (Å²) < 4.78 is 10.6. The van der Waals surface area contributed by atoms with E-state index in [9.17, 15) is 14.9 Å². The molecule has 1 fully saturated rings. The molecular weight excluding hydrogens is 402 g/mol. The number of aromatic amines is 1. The van der Waals surface area contributed by atoms with Gasteiger partial charge in [-0.1, -0.05) is 0 Å². The normalized spacial score (nSPS) is 13.0. The van der Waals surface area contributed by atoms with Crippen molar-refractivity contribution in [3.05, 3.63) is 57.9 Å². The zero-order valence-corrected chi connectivity index (χ0v) is 17.0. The monoisotopic (exact) mass is 423 g/mol. The van der Waals surface area contributed by atoms with E-state index in [0.29, 0.717) is 24.0 Å². The van der Waals surface area contributed by atoms with Crippen molar-refractivity contribution in [2.24, 2.45) is 0 Å². The van der Waals surface area contributed by atoms with Gasteiger partial charge in [-0.05, 0) is 44.0 Å². The molecule has 3 aromatic rings. The summed E-state index contributed by atoms with van der Waals surface area (Å²) in [6.07, 6.45) is 2.25. The molecule has 0 bridgehead atoms. The number of H-pyrrole nitrogens is 1. The highest BCUT2D eigenvalue weighted by atomic mass is 16.6. The van der Waals surface area contributed by atoms with Gasteiger partial charge in [-0.3, -0.25) is 20.0 Å². The Labute approximate surface area is 177 Å². The molecule has 0 atom stereocenters. The number of ether oxygens (including phenoxy) is 2. The van der Waals surface area contributed by atoms with Crippen LogP contribution in [-0.4, -0.2) is 39.7 Å². The van der Waals surface area contributed by atoms with Crippen LogP contribution in [0.25, 0.3) is 11.4 Å². The molecule has 2 N–H and O–H groups in total. The van der Waals surface area contributed by atoms with Gasteiger partial charge in [-0.2, -0.15) is 5.10 Å². The summed E-state index contributed by atoms with van der Waals surface area (Å²) in [5, 5.41) is 21.4. The van der Waals surface area contributed by atoms with Crippen LogP contribution in [0.15, 0.2) is 36.4 Å². The molecule has 0 spiro atoms. The highest BCUT2D eigenvalue weighted by molar-refractivity contribution is 6.07. The van der Waals surface area contributed by atoms with E-state index < -0.39 is 10.8 Å². The van der Waals surface area contributed by atoms with Gasteiger partial charge in [0.15, 0.2) is 17.3 Å². The highest BCUT2D eigenvalue weighted by Crippen LogP contribution is 2.38. The molecule has 1 heterocycles. The van der Waals surface area contributed by atoms with E-state index in [1.807, 2.05) is 0 Å². The largest absolute Gasteiger partial charge is 0.493 e. The molecule has 160 valence electrons. The van der Waals surface area contributed by atoms with Crippen molar-refractivity contribution >= 4 is 17.3 Å². The van der Waals surface area contributed by atoms with Crippen molar-refractivity contribution in [2.45, 2.75) is 25.7 Å². The molecule has 0 radical (unpaired) electrons. The molecule has 10 nitrogen and oxygen atoms in total. The van der Waals surface area contributed by atoms with Gasteiger partial charge in [0.1, 0.15) is 11.4 Å². The fourth-order valence-corrected chi connectivity index (χ4v) is 3.15. The summed E-state index contributed by atoms with van der Waals surface area (Å²) in [4.78, 5) is 28.2. The Hall–Kier alpha value is -3.95. The zero-order valence-electron chi connectivity index (χ0n) is 17.0. The lowest BCUT2D eigenvalue weighted by Gasteiger charge is -2.12. The van der Waals surface area contributed by atoms with Gasteiger partial charge in [0.25, 0.3) is 11.6 Å². The summed E-state index contributed by atoms with van der Waals surface area (Å²) in [6, 6.07) is 9.45. The van der Waals surface area contributed by atoms with Crippen LogP contribution in [0.4, 0.5) is 11.4 Å². The Kier molecular flexibility index (Phi) is 5.52. The summed E-state index contributed by atoms with van der Waals surface area (Å²) in [5.41, 5.74) is 0.785. The van der Waals surface area contributed by atoms with E-state index in [1.165, 1.54) is 19.2 Å². The van der Waals surface area contributed by atoms with E-state index >= 15 is 0 Å².